The largest absolute Gasteiger partial charge is 0.726 e. The van der Waals surface area contributed by atoms with Crippen molar-refractivity contribution < 1.29 is 47.8 Å². The molecule has 0 aromatic rings. The van der Waals surface area contributed by atoms with Crippen LogP contribution < -0.4 is 0 Å². The molecule has 0 aromatic carbocycles. The molecule has 1 aliphatic rings. The molecular formula is C10H20O10S2. The molecule has 22 heavy (non-hydrogen) atoms. The van der Waals surface area contributed by atoms with E-state index in [-0.39, 0.29) is 11.5 Å². The Morgan fingerprint density at radius 2 is 1.82 bits per heavy atom. The van der Waals surface area contributed by atoms with Gasteiger partial charge in [0.05, 0.1) is 13.2 Å². The Balaban J connectivity index is 2.77. The molecule has 10 nitrogen and oxygen atoms in total. The number of rotatable bonds is 8. The summed E-state index contributed by atoms with van der Waals surface area (Å²) in [5.41, 5.74) is 0. The van der Waals surface area contributed by atoms with E-state index in [4.69, 9.17) is 10.2 Å². The Labute approximate surface area is 130 Å². The maximum atomic E-state index is 10.5. The minimum Gasteiger partial charge on any atom is -0.726 e. The molecule has 1 heterocycles. The van der Waals surface area contributed by atoms with Gasteiger partial charge in [-0.25, -0.2) is 8.42 Å². The Morgan fingerprint density at radius 3 is 2.27 bits per heavy atom. The average molecular weight is 364 g/mol. The quantitative estimate of drug-likeness (QED) is 0.139. The lowest BCUT2D eigenvalue weighted by molar-refractivity contribution is -0.000108. The summed E-state index contributed by atoms with van der Waals surface area (Å²) in [5, 5.41) is 56.1. The third kappa shape index (κ3) is 5.26. The molecule has 0 amide bonds. The van der Waals surface area contributed by atoms with Gasteiger partial charge in [0.1, 0.15) is 42.0 Å². The number of hydrogen-bond donors (Lipinski definition) is 6. The lowest BCUT2D eigenvalue weighted by atomic mass is 10.1. The second-order valence-corrected chi connectivity index (χ2v) is 8.23. The average Bonchev–Trinajstić information content (AvgIpc) is 2.69. The summed E-state index contributed by atoms with van der Waals surface area (Å²) in [4.78, 5) is 0. The summed E-state index contributed by atoms with van der Waals surface area (Å²) in [6, 6.07) is 0. The van der Waals surface area contributed by atoms with Crippen LogP contribution in [0.2, 0.25) is 0 Å². The van der Waals surface area contributed by atoms with Gasteiger partial charge >= 0.3 is 0 Å². The monoisotopic (exact) mass is 364 g/mol. The Kier molecular flexibility index (Phi) is 7.45. The van der Waals surface area contributed by atoms with Crippen LogP contribution in [-0.2, 0) is 25.5 Å². The molecule has 0 spiro atoms. The van der Waals surface area contributed by atoms with Gasteiger partial charge < -0.3 is 35.2 Å². The number of hydrogen-bond acceptors (Lipinski definition) is 10. The van der Waals surface area contributed by atoms with Crippen LogP contribution in [-0.4, -0.2) is 104 Å². The van der Waals surface area contributed by atoms with Gasteiger partial charge in [-0.3, -0.25) is 4.18 Å². The van der Waals surface area contributed by atoms with E-state index in [1.807, 2.05) is 0 Å². The standard InChI is InChI=1S/C10H20O10S2/c11-1-5(13)10-9(16)7(15)4-21(10)3-6(14)8(2-12)20-22(17,18)19/h5-16H,1-4H2/t5-,6-,7+,8+,9-,10+,21?/m1/s1. The van der Waals surface area contributed by atoms with Crippen LogP contribution in [0, 0.1) is 0 Å². The van der Waals surface area contributed by atoms with Gasteiger partial charge in [0.25, 0.3) is 0 Å². The zero-order chi connectivity index (χ0) is 17.1. The van der Waals surface area contributed by atoms with Gasteiger partial charge in [-0.2, -0.15) is 0 Å². The summed E-state index contributed by atoms with van der Waals surface area (Å²) in [5.74, 6) is -0.210. The maximum Gasteiger partial charge on any atom is 0.218 e. The van der Waals surface area contributed by atoms with Gasteiger partial charge in [-0.15, -0.1) is 0 Å². The van der Waals surface area contributed by atoms with E-state index in [9.17, 15) is 33.4 Å². The molecule has 1 aliphatic heterocycles. The molecule has 0 radical (unpaired) electrons. The maximum absolute atomic E-state index is 10.5. The van der Waals surface area contributed by atoms with Crippen LogP contribution in [0.4, 0.5) is 0 Å². The summed E-state index contributed by atoms with van der Waals surface area (Å²) in [6.07, 6.45) is -7.06. The molecule has 1 saturated heterocycles. The minimum absolute atomic E-state index is 0.0161. The van der Waals surface area contributed by atoms with E-state index in [1.54, 1.807) is 0 Å². The Hall–Kier alpha value is -0.0200. The third-order valence-corrected chi connectivity index (χ3v) is 6.69. The first kappa shape index (κ1) is 20.0. The second-order valence-electron chi connectivity index (χ2n) is 4.94. The number of aliphatic hydroxyl groups excluding tert-OH is 6. The molecule has 0 aromatic heterocycles. The Morgan fingerprint density at radius 1 is 1.23 bits per heavy atom. The summed E-state index contributed by atoms with van der Waals surface area (Å²) >= 11 is 0. The van der Waals surface area contributed by atoms with E-state index in [0.29, 0.717) is 0 Å². The van der Waals surface area contributed by atoms with Crippen LogP contribution in [0.15, 0.2) is 0 Å². The first-order valence-corrected chi connectivity index (χ1v) is 9.31. The van der Waals surface area contributed by atoms with Gasteiger partial charge in [0.15, 0.2) is 5.25 Å². The zero-order valence-electron chi connectivity index (χ0n) is 11.4. The summed E-state index contributed by atoms with van der Waals surface area (Å²) in [6.45, 7) is -1.60. The molecule has 1 unspecified atom stereocenters. The van der Waals surface area contributed by atoms with Crippen molar-refractivity contribution in [1.29, 1.82) is 0 Å². The SMILES string of the molecule is O=S(=O)([O-])O[C@@H](CO)[C@H](O)C[S+]1C[C@H](O)[C@@H](O)[C@@H]1[C@H](O)CO. The molecule has 0 saturated carbocycles. The van der Waals surface area contributed by atoms with Gasteiger partial charge in [-0.05, 0) is 0 Å². The fourth-order valence-corrected chi connectivity index (χ4v) is 5.74. The van der Waals surface area contributed by atoms with Crippen LogP contribution in [0.1, 0.15) is 0 Å². The van der Waals surface area contributed by atoms with Crippen LogP contribution in [0.5, 0.6) is 0 Å². The fraction of sp³-hybridized carbons (Fsp3) is 1.00. The van der Waals surface area contributed by atoms with Gasteiger partial charge in [0.2, 0.25) is 10.4 Å². The predicted octanol–water partition coefficient (Wildman–Crippen LogP) is -4.74. The van der Waals surface area contributed by atoms with Crippen molar-refractivity contribution in [2.45, 2.75) is 35.8 Å². The van der Waals surface area contributed by atoms with E-state index in [1.165, 1.54) is 0 Å². The molecule has 0 bridgehead atoms. The van der Waals surface area contributed by atoms with Gasteiger partial charge in [0, 0.05) is 10.9 Å². The molecule has 12 heteroatoms. The second kappa shape index (κ2) is 8.19. The smallest absolute Gasteiger partial charge is 0.218 e. The molecule has 1 rings (SSSR count). The topological polar surface area (TPSA) is 188 Å². The van der Waals surface area contributed by atoms with Crippen molar-refractivity contribution in [2.24, 2.45) is 0 Å². The van der Waals surface area contributed by atoms with Crippen molar-refractivity contribution in [3.05, 3.63) is 0 Å². The molecule has 6 N–H and O–H groups in total. The Bertz CT molecular complexity index is 443. The normalized spacial score (nSPS) is 33.6. The summed E-state index contributed by atoms with van der Waals surface area (Å²) < 4.78 is 35.6. The zero-order valence-corrected chi connectivity index (χ0v) is 13.1. The van der Waals surface area contributed by atoms with E-state index >= 15 is 0 Å². The highest BCUT2D eigenvalue weighted by Gasteiger charge is 2.54. The highest BCUT2D eigenvalue weighted by atomic mass is 32.3. The highest BCUT2D eigenvalue weighted by molar-refractivity contribution is 7.97. The van der Waals surface area contributed by atoms with Crippen molar-refractivity contribution in [1.82, 2.24) is 0 Å². The first-order valence-electron chi connectivity index (χ1n) is 6.35. The van der Waals surface area contributed by atoms with E-state index in [0.717, 1.165) is 0 Å². The molecule has 7 atom stereocenters. The van der Waals surface area contributed by atoms with E-state index in [2.05, 4.69) is 4.18 Å². The molecule has 132 valence electrons. The molecule has 1 fully saturated rings. The third-order valence-electron chi connectivity index (χ3n) is 3.30. The first-order chi connectivity index (χ1) is 10.1. The lowest BCUT2D eigenvalue weighted by Crippen LogP contribution is -2.46. The molecular weight excluding hydrogens is 344 g/mol. The fourth-order valence-electron chi connectivity index (χ4n) is 2.27. The van der Waals surface area contributed by atoms with Crippen molar-refractivity contribution in [2.75, 3.05) is 24.7 Å². The van der Waals surface area contributed by atoms with Crippen molar-refractivity contribution in [3.63, 3.8) is 0 Å². The lowest BCUT2D eigenvalue weighted by Gasteiger charge is -2.24. The predicted molar refractivity (Wildman–Crippen MR) is 73.7 cm³/mol. The van der Waals surface area contributed by atoms with Crippen molar-refractivity contribution >= 4 is 21.3 Å². The van der Waals surface area contributed by atoms with Crippen LogP contribution >= 0.6 is 0 Å². The highest BCUT2D eigenvalue weighted by Crippen LogP contribution is 2.28. The van der Waals surface area contributed by atoms with Gasteiger partial charge in [-0.1, -0.05) is 0 Å². The van der Waals surface area contributed by atoms with Crippen LogP contribution in [0.25, 0.3) is 0 Å². The van der Waals surface area contributed by atoms with Crippen molar-refractivity contribution in [3.8, 4) is 0 Å². The summed E-state index contributed by atoms with van der Waals surface area (Å²) in [7, 11) is -6.11. The van der Waals surface area contributed by atoms with Crippen LogP contribution in [0.3, 0.4) is 0 Å². The van der Waals surface area contributed by atoms with E-state index < -0.39 is 70.3 Å². The minimum atomic E-state index is -5.13. The number of aliphatic hydroxyl groups is 6. The molecule has 0 aliphatic carbocycles.